The van der Waals surface area contributed by atoms with Gasteiger partial charge in [-0.2, -0.15) is 0 Å². The summed E-state index contributed by atoms with van der Waals surface area (Å²) in [6.45, 7) is 1.69. The van der Waals surface area contributed by atoms with Crippen LogP contribution in [0, 0.1) is 24.4 Å². The van der Waals surface area contributed by atoms with Crippen LogP contribution >= 0.6 is 0 Å². The van der Waals surface area contributed by atoms with Gasteiger partial charge in [0.1, 0.15) is 17.2 Å². The first-order valence-electron chi connectivity index (χ1n) is 12.6. The third-order valence-corrected chi connectivity index (χ3v) is 6.81. The summed E-state index contributed by atoms with van der Waals surface area (Å²) >= 11 is 0. The number of methoxy groups -OCH3 is 2. The van der Waals surface area contributed by atoms with Crippen LogP contribution in [0.25, 0.3) is 22.2 Å². The molecule has 0 aliphatic rings. The second-order valence-corrected chi connectivity index (χ2v) is 9.40. The van der Waals surface area contributed by atoms with Crippen molar-refractivity contribution in [2.45, 2.75) is 13.3 Å². The molecule has 0 saturated carbocycles. The van der Waals surface area contributed by atoms with Crippen molar-refractivity contribution in [3.63, 3.8) is 0 Å². The Bertz CT molecular complexity index is 1910. The van der Waals surface area contributed by atoms with Crippen LogP contribution < -0.4 is 19.6 Å². The molecule has 3 aromatic heterocycles. The number of ether oxygens (including phenoxy) is 3. The highest BCUT2D eigenvalue weighted by Crippen LogP contribution is 2.35. The number of rotatable bonds is 8. The Balaban J connectivity index is 1.46. The molecule has 2 aromatic carbocycles. The summed E-state index contributed by atoms with van der Waals surface area (Å²) in [6, 6.07) is 9.97. The molecule has 0 aliphatic carbocycles. The summed E-state index contributed by atoms with van der Waals surface area (Å²) in [7, 11) is 4.49. The number of fused-ring (bicyclic) bond motifs is 1. The quantitative estimate of drug-likeness (QED) is 0.211. The molecule has 5 aromatic rings. The number of carbonyl (C=O) groups excluding carboxylic acids is 1. The first-order valence-corrected chi connectivity index (χ1v) is 12.6. The van der Waals surface area contributed by atoms with E-state index in [1.54, 1.807) is 24.6 Å². The molecule has 0 N–H and O–H groups in total. The molecule has 0 radical (unpaired) electrons. The predicted octanol–water partition coefficient (Wildman–Crippen LogP) is 5.96. The van der Waals surface area contributed by atoms with Crippen LogP contribution in [0.15, 0.2) is 65.7 Å². The fourth-order valence-corrected chi connectivity index (χ4v) is 4.54. The maximum absolute atomic E-state index is 15.2. The fourth-order valence-electron chi connectivity index (χ4n) is 4.54. The van der Waals surface area contributed by atoms with Gasteiger partial charge in [0.05, 0.1) is 25.3 Å². The molecule has 0 saturated heterocycles. The normalized spacial score (nSPS) is 11.0. The number of nitrogens with zero attached hydrogens (tertiary/aromatic N) is 3. The van der Waals surface area contributed by atoms with Crippen LogP contribution in [0.5, 0.6) is 23.1 Å². The van der Waals surface area contributed by atoms with Crippen LogP contribution in [0.1, 0.15) is 21.6 Å². The molecule has 3 heterocycles. The summed E-state index contributed by atoms with van der Waals surface area (Å²) in [5.41, 5.74) is 0.724. The van der Waals surface area contributed by atoms with Crippen LogP contribution in [0.2, 0.25) is 0 Å². The number of pyridine rings is 3. The van der Waals surface area contributed by atoms with E-state index in [4.69, 9.17) is 14.2 Å². The molecule has 0 bridgehead atoms. The van der Waals surface area contributed by atoms with Crippen LogP contribution in [-0.4, -0.2) is 34.5 Å². The summed E-state index contributed by atoms with van der Waals surface area (Å²) < 4.78 is 61.5. The molecular weight excluding hydrogens is 551 g/mol. The maximum atomic E-state index is 15.2. The zero-order chi connectivity index (χ0) is 30.1. The lowest BCUT2D eigenvalue weighted by atomic mass is 9.97. The van der Waals surface area contributed by atoms with E-state index in [1.807, 2.05) is 0 Å². The van der Waals surface area contributed by atoms with Gasteiger partial charge in [-0.25, -0.2) is 18.2 Å². The van der Waals surface area contributed by atoms with E-state index in [0.29, 0.717) is 22.5 Å². The Morgan fingerprint density at radius 2 is 1.67 bits per heavy atom. The first kappa shape index (κ1) is 28.3. The zero-order valence-corrected chi connectivity index (χ0v) is 23.0. The molecule has 0 spiro atoms. The molecule has 0 aliphatic heterocycles. The molecular formula is C31H24F3N3O5. The summed E-state index contributed by atoms with van der Waals surface area (Å²) in [5, 5.41) is 0. The highest BCUT2D eigenvalue weighted by atomic mass is 19.1. The van der Waals surface area contributed by atoms with Gasteiger partial charge >= 0.3 is 0 Å². The number of Topliss-reactive ketones (excluding diaryl/α,β-unsaturated/α-hetero) is 1. The molecule has 5 rings (SSSR count). The number of benzene rings is 2. The highest BCUT2D eigenvalue weighted by molar-refractivity contribution is 5.98. The smallest absolute Gasteiger partial charge is 0.257 e. The van der Waals surface area contributed by atoms with Crippen molar-refractivity contribution in [2.75, 3.05) is 14.2 Å². The number of aryl methyl sites for hydroxylation is 1. The first-order chi connectivity index (χ1) is 20.1. The summed E-state index contributed by atoms with van der Waals surface area (Å²) in [4.78, 5) is 35.0. The topological polar surface area (TPSA) is 92.5 Å². The Morgan fingerprint density at radius 3 is 2.36 bits per heavy atom. The van der Waals surface area contributed by atoms with E-state index >= 15 is 8.78 Å². The van der Waals surface area contributed by atoms with Crippen molar-refractivity contribution in [3.05, 3.63) is 105 Å². The largest absolute Gasteiger partial charge is 0.491 e. The Labute approximate surface area is 238 Å². The van der Waals surface area contributed by atoms with Crippen molar-refractivity contribution in [1.29, 1.82) is 0 Å². The van der Waals surface area contributed by atoms with Gasteiger partial charge in [-0.3, -0.25) is 14.6 Å². The van der Waals surface area contributed by atoms with Gasteiger partial charge in [-0.15, -0.1) is 0 Å². The fraction of sp³-hybridized carbons (Fsp3) is 0.161. The summed E-state index contributed by atoms with van der Waals surface area (Å²) in [5.74, 6) is -2.92. The van der Waals surface area contributed by atoms with Gasteiger partial charge in [0.15, 0.2) is 34.3 Å². The third-order valence-electron chi connectivity index (χ3n) is 6.81. The second-order valence-electron chi connectivity index (χ2n) is 9.40. The highest BCUT2D eigenvalue weighted by Gasteiger charge is 2.22. The second kappa shape index (κ2) is 11.4. The minimum absolute atomic E-state index is 0.0829. The van der Waals surface area contributed by atoms with E-state index in [1.165, 1.54) is 56.9 Å². The van der Waals surface area contributed by atoms with E-state index < -0.39 is 40.8 Å². The van der Waals surface area contributed by atoms with E-state index in [0.717, 1.165) is 12.1 Å². The number of halogens is 3. The number of ketones is 1. The average Bonchev–Trinajstić information content (AvgIpc) is 2.97. The van der Waals surface area contributed by atoms with E-state index in [2.05, 4.69) is 9.97 Å². The van der Waals surface area contributed by atoms with Crippen molar-refractivity contribution in [2.24, 2.45) is 7.05 Å². The molecule has 0 unspecified atom stereocenters. The van der Waals surface area contributed by atoms with Gasteiger partial charge in [-0.1, -0.05) is 12.1 Å². The summed E-state index contributed by atoms with van der Waals surface area (Å²) in [6.07, 6.45) is 2.18. The number of aromatic nitrogens is 3. The molecule has 42 heavy (non-hydrogen) atoms. The molecule has 0 amide bonds. The van der Waals surface area contributed by atoms with Crippen LogP contribution in [0.4, 0.5) is 13.2 Å². The van der Waals surface area contributed by atoms with Crippen molar-refractivity contribution in [1.82, 2.24) is 14.5 Å². The monoisotopic (exact) mass is 575 g/mol. The van der Waals surface area contributed by atoms with Crippen LogP contribution in [-0.2, 0) is 13.5 Å². The van der Waals surface area contributed by atoms with Gasteiger partial charge in [0.25, 0.3) is 5.88 Å². The van der Waals surface area contributed by atoms with Gasteiger partial charge in [-0.05, 0) is 36.2 Å². The maximum Gasteiger partial charge on any atom is 0.257 e. The Kier molecular flexibility index (Phi) is 7.66. The molecule has 0 fully saturated rings. The number of carbonyl (C=O) groups is 1. The van der Waals surface area contributed by atoms with Gasteiger partial charge in [0, 0.05) is 55.3 Å². The van der Waals surface area contributed by atoms with Crippen molar-refractivity contribution in [3.8, 4) is 34.3 Å². The lowest BCUT2D eigenvalue weighted by Crippen LogP contribution is -2.23. The molecule has 0 atom stereocenters. The van der Waals surface area contributed by atoms with Crippen molar-refractivity contribution < 1.29 is 32.2 Å². The van der Waals surface area contributed by atoms with Crippen LogP contribution in [0.3, 0.4) is 0 Å². The number of hydrogen-bond donors (Lipinski definition) is 0. The molecule has 11 heteroatoms. The SMILES string of the molecule is COc1cc2nccc(Oc3cc(F)c(CC(=O)c4cn(C)c(C)c(-c5ccc(F)cc5)c4=O)cc3F)c2nc1OC. The Morgan fingerprint density at radius 1 is 0.929 bits per heavy atom. The van der Waals surface area contributed by atoms with E-state index in [9.17, 15) is 14.0 Å². The molecule has 8 nitrogen and oxygen atoms in total. The molecule has 214 valence electrons. The average molecular weight is 576 g/mol. The minimum atomic E-state index is -0.937. The lowest BCUT2D eigenvalue weighted by Gasteiger charge is -2.14. The Hall–Kier alpha value is -5.19. The minimum Gasteiger partial charge on any atom is -0.491 e. The number of hydrogen-bond acceptors (Lipinski definition) is 7. The predicted molar refractivity (Wildman–Crippen MR) is 149 cm³/mol. The third kappa shape index (κ3) is 5.28. The zero-order valence-electron chi connectivity index (χ0n) is 23.0. The standard InChI is InChI=1S/C31H24F3N3O5/c1-16-28(17-5-7-19(32)8-6-17)30(39)20(15-37(16)2)24(38)12-18-11-22(34)26(13-21(18)33)42-25-9-10-35-23-14-27(40-3)31(41-4)36-29(23)25/h5-11,13-15H,12H2,1-4H3. The lowest BCUT2D eigenvalue weighted by molar-refractivity contribution is 0.0990. The van der Waals surface area contributed by atoms with Gasteiger partial charge < -0.3 is 18.8 Å². The van der Waals surface area contributed by atoms with E-state index in [-0.39, 0.29) is 33.8 Å². The van der Waals surface area contributed by atoms with Gasteiger partial charge in [0.2, 0.25) is 0 Å². The van der Waals surface area contributed by atoms with Crippen molar-refractivity contribution >= 4 is 16.8 Å².